The van der Waals surface area contributed by atoms with E-state index in [0.29, 0.717) is 22.2 Å². The lowest BCUT2D eigenvalue weighted by Crippen LogP contribution is -2.37. The maximum Gasteiger partial charge on any atom is 0.0997 e. The Kier molecular flexibility index (Phi) is 6.07. The van der Waals surface area contributed by atoms with Crippen LogP contribution in [0.1, 0.15) is 65.2 Å². The molecule has 4 unspecified atom stereocenters. The van der Waals surface area contributed by atoms with E-state index < -0.39 is 21.6 Å². The highest BCUT2D eigenvalue weighted by molar-refractivity contribution is 8.02. The van der Waals surface area contributed by atoms with Crippen LogP contribution in [0.3, 0.4) is 0 Å². The molecule has 112 valence electrons. The molecule has 0 spiro atoms. The van der Waals surface area contributed by atoms with Crippen LogP contribution in [0.5, 0.6) is 0 Å². The fraction of sp³-hybridized carbons (Fsp3) is 1.00. The van der Waals surface area contributed by atoms with E-state index in [4.69, 9.17) is 0 Å². The van der Waals surface area contributed by atoms with E-state index in [1.807, 2.05) is 0 Å². The van der Waals surface area contributed by atoms with Crippen molar-refractivity contribution in [1.82, 2.24) is 0 Å². The van der Waals surface area contributed by atoms with Crippen molar-refractivity contribution >= 4 is 21.6 Å². The van der Waals surface area contributed by atoms with Crippen molar-refractivity contribution in [2.24, 2.45) is 11.8 Å². The molecule has 0 N–H and O–H groups in total. The van der Waals surface area contributed by atoms with Crippen molar-refractivity contribution in [1.29, 1.82) is 0 Å². The van der Waals surface area contributed by atoms with E-state index >= 15 is 0 Å². The first-order valence-electron chi connectivity index (χ1n) is 7.84. The van der Waals surface area contributed by atoms with E-state index in [9.17, 15) is 8.42 Å². The third kappa shape index (κ3) is 4.13. The van der Waals surface area contributed by atoms with Gasteiger partial charge < -0.3 is 0 Å². The highest BCUT2D eigenvalue weighted by Gasteiger charge is 2.34. The van der Waals surface area contributed by atoms with Gasteiger partial charge in [-0.3, -0.25) is 8.42 Å². The molecule has 2 aliphatic rings. The highest BCUT2D eigenvalue weighted by atomic mass is 32.2. The minimum absolute atomic E-state index is 0.279. The summed E-state index contributed by atoms with van der Waals surface area (Å²) in [4.78, 5) is 0. The minimum atomic E-state index is -0.899. The average molecular weight is 305 g/mol. The molecule has 0 aromatic heterocycles. The van der Waals surface area contributed by atoms with Crippen LogP contribution in [-0.4, -0.2) is 24.0 Å². The Morgan fingerprint density at radius 3 is 1.95 bits per heavy atom. The number of hydrogen-bond acceptors (Lipinski definition) is 2. The first-order valence-corrected chi connectivity index (χ1v) is 10.6. The summed E-state index contributed by atoms with van der Waals surface area (Å²) in [5, 5.41) is 1.04. The summed E-state index contributed by atoms with van der Waals surface area (Å²) in [6.07, 6.45) is 9.51. The number of hydrogen-bond donors (Lipinski definition) is 0. The summed E-state index contributed by atoms with van der Waals surface area (Å²) in [6, 6.07) is 0. The summed E-state index contributed by atoms with van der Waals surface area (Å²) in [5.74, 6) is 1.07. The largest absolute Gasteiger partial charge is 0.258 e. The van der Waals surface area contributed by atoms with Gasteiger partial charge in [-0.15, -0.1) is 0 Å². The molecule has 0 heterocycles. The van der Waals surface area contributed by atoms with Gasteiger partial charge in [0.2, 0.25) is 0 Å². The van der Waals surface area contributed by atoms with Gasteiger partial charge in [0.15, 0.2) is 0 Å². The monoisotopic (exact) mass is 304 g/mol. The van der Waals surface area contributed by atoms with Crippen LogP contribution in [-0.2, 0) is 21.6 Å². The molecule has 2 rings (SSSR count). The molecule has 0 aliphatic heterocycles. The second kappa shape index (κ2) is 7.35. The summed E-state index contributed by atoms with van der Waals surface area (Å²) < 4.78 is 25.0. The van der Waals surface area contributed by atoms with Gasteiger partial charge in [-0.05, 0) is 37.5 Å². The maximum absolute atomic E-state index is 12.6. The molecular formula is C15H28O2S2. The Hall–Kier alpha value is 0.300. The molecule has 2 fully saturated rings. The standard InChI is InChI=1S/C15H28O2S2/c1-12-7-6-8-13(2)15(12)19(17)11-18(16)14-9-4-3-5-10-14/h12-15H,3-11H2,1-2H3. The van der Waals surface area contributed by atoms with Gasteiger partial charge in [-0.2, -0.15) is 0 Å². The first kappa shape index (κ1) is 15.7. The molecule has 2 saturated carbocycles. The van der Waals surface area contributed by atoms with Crippen LogP contribution in [0.2, 0.25) is 0 Å². The van der Waals surface area contributed by atoms with Gasteiger partial charge in [-0.25, -0.2) is 0 Å². The van der Waals surface area contributed by atoms with E-state index in [-0.39, 0.29) is 5.25 Å². The van der Waals surface area contributed by atoms with Gasteiger partial charge >= 0.3 is 0 Å². The maximum atomic E-state index is 12.6. The van der Waals surface area contributed by atoms with Crippen LogP contribution in [0.15, 0.2) is 0 Å². The Bertz CT molecular complexity index is 327. The van der Waals surface area contributed by atoms with Crippen LogP contribution in [0.4, 0.5) is 0 Å². The second-order valence-corrected chi connectivity index (χ2v) is 10.2. The Morgan fingerprint density at radius 1 is 0.789 bits per heavy atom. The van der Waals surface area contributed by atoms with Gasteiger partial charge in [0, 0.05) is 32.1 Å². The predicted molar refractivity (Wildman–Crippen MR) is 84.0 cm³/mol. The summed E-state index contributed by atoms with van der Waals surface area (Å²) in [7, 11) is -1.77. The lowest BCUT2D eigenvalue weighted by atomic mass is 9.83. The normalized spacial score (nSPS) is 36.8. The fourth-order valence-electron chi connectivity index (χ4n) is 3.79. The molecule has 0 aromatic carbocycles. The van der Waals surface area contributed by atoms with E-state index in [1.165, 1.54) is 38.5 Å². The van der Waals surface area contributed by atoms with Gasteiger partial charge in [-0.1, -0.05) is 39.5 Å². The molecule has 19 heavy (non-hydrogen) atoms. The van der Waals surface area contributed by atoms with E-state index in [1.54, 1.807) is 0 Å². The van der Waals surface area contributed by atoms with Gasteiger partial charge in [0.1, 0.15) is 0 Å². The molecule has 2 aliphatic carbocycles. The minimum Gasteiger partial charge on any atom is -0.258 e. The third-order valence-corrected chi connectivity index (χ3v) is 9.51. The SMILES string of the molecule is CC1CCCC(C)C1S(=O)CS(=O)C1CCCCC1. The molecule has 0 bridgehead atoms. The zero-order chi connectivity index (χ0) is 13.8. The zero-order valence-corrected chi connectivity index (χ0v) is 13.9. The lowest BCUT2D eigenvalue weighted by molar-refractivity contribution is 0.309. The fourth-order valence-corrected chi connectivity index (χ4v) is 8.27. The molecule has 0 aromatic rings. The van der Waals surface area contributed by atoms with Crippen LogP contribution in [0.25, 0.3) is 0 Å². The molecule has 2 nitrogen and oxygen atoms in total. The van der Waals surface area contributed by atoms with Crippen molar-refractivity contribution in [3.05, 3.63) is 0 Å². The topological polar surface area (TPSA) is 34.1 Å². The van der Waals surface area contributed by atoms with E-state index in [2.05, 4.69) is 13.8 Å². The van der Waals surface area contributed by atoms with Crippen LogP contribution >= 0.6 is 0 Å². The summed E-state index contributed by atoms with van der Waals surface area (Å²) >= 11 is 0. The highest BCUT2D eigenvalue weighted by Crippen LogP contribution is 2.33. The predicted octanol–water partition coefficient (Wildman–Crippen LogP) is 3.60. The summed E-state index contributed by atoms with van der Waals surface area (Å²) in [5.41, 5.74) is 0. The number of rotatable bonds is 4. The van der Waals surface area contributed by atoms with Crippen LogP contribution < -0.4 is 0 Å². The van der Waals surface area contributed by atoms with E-state index in [0.717, 1.165) is 12.8 Å². The van der Waals surface area contributed by atoms with Crippen molar-refractivity contribution < 1.29 is 8.42 Å². The molecule has 4 heteroatoms. The molecule has 0 amide bonds. The first-order chi connectivity index (χ1) is 9.09. The third-order valence-electron chi connectivity index (χ3n) is 4.90. The second-order valence-electron chi connectivity index (χ2n) is 6.49. The summed E-state index contributed by atoms with van der Waals surface area (Å²) in [6.45, 7) is 4.45. The molecule has 4 atom stereocenters. The van der Waals surface area contributed by atoms with Gasteiger partial charge in [0.05, 0.1) is 5.08 Å². The van der Waals surface area contributed by atoms with Crippen molar-refractivity contribution in [3.63, 3.8) is 0 Å². The zero-order valence-electron chi connectivity index (χ0n) is 12.3. The van der Waals surface area contributed by atoms with Crippen molar-refractivity contribution in [3.8, 4) is 0 Å². The van der Waals surface area contributed by atoms with Crippen molar-refractivity contribution in [2.45, 2.75) is 75.7 Å². The molecule has 0 radical (unpaired) electrons. The Morgan fingerprint density at radius 2 is 1.37 bits per heavy atom. The Labute approximate surface area is 123 Å². The van der Waals surface area contributed by atoms with Gasteiger partial charge in [0.25, 0.3) is 0 Å². The van der Waals surface area contributed by atoms with Crippen molar-refractivity contribution in [2.75, 3.05) is 5.08 Å². The smallest absolute Gasteiger partial charge is 0.0997 e. The van der Waals surface area contributed by atoms with Crippen LogP contribution in [0, 0.1) is 11.8 Å². The lowest BCUT2D eigenvalue weighted by Gasteiger charge is -2.34. The quantitative estimate of drug-likeness (QED) is 0.795. The average Bonchev–Trinajstić information content (AvgIpc) is 2.39. The molecular weight excluding hydrogens is 276 g/mol. The Balaban J connectivity index is 1.90. The molecule has 0 saturated heterocycles.